The van der Waals surface area contributed by atoms with E-state index in [2.05, 4.69) is 10.6 Å². The number of fused-ring (bicyclic) bond motifs is 4. The largest absolute Gasteiger partial charge is 0.497 e. The number of nitrogens with one attached hydrogen (secondary N) is 2. The number of rotatable bonds is 7. The smallest absolute Gasteiger partial charge is 0.408 e. The number of aromatic nitrogens is 1. The van der Waals surface area contributed by atoms with Crippen molar-refractivity contribution >= 4 is 34.8 Å². The van der Waals surface area contributed by atoms with Crippen molar-refractivity contribution in [2.24, 2.45) is 0 Å². The van der Waals surface area contributed by atoms with E-state index in [9.17, 15) is 24.3 Å². The molecule has 2 bridgehead atoms. The summed E-state index contributed by atoms with van der Waals surface area (Å²) < 4.78 is 23.9. The van der Waals surface area contributed by atoms with E-state index >= 15 is 0 Å². The topological polar surface area (TPSA) is 166 Å². The number of carboxylic acid groups (broad SMARTS) is 1. The van der Waals surface area contributed by atoms with E-state index in [1.54, 1.807) is 13.2 Å². The van der Waals surface area contributed by atoms with Gasteiger partial charge < -0.3 is 39.6 Å². The van der Waals surface area contributed by atoms with Gasteiger partial charge in [-0.3, -0.25) is 9.59 Å². The van der Waals surface area contributed by atoms with Gasteiger partial charge in [-0.25, -0.2) is 14.6 Å². The number of ether oxygens (including phenoxy) is 4. The van der Waals surface area contributed by atoms with E-state index in [-0.39, 0.29) is 31.9 Å². The average Bonchev–Trinajstić information content (AvgIpc) is 3.89. The molecule has 0 unspecified atom stereocenters. The number of hydrogen-bond donors (Lipinski definition) is 3. The molecule has 2 fully saturated rings. The number of hydrogen-bond acceptors (Lipinski definition) is 9. The number of benzene rings is 3. The van der Waals surface area contributed by atoms with Gasteiger partial charge in [-0.1, -0.05) is 54.6 Å². The molecule has 2 aliphatic heterocycles. The number of allylic oxidation sites excluding steroid dienone is 1. The molecule has 3 aromatic carbocycles. The normalized spacial score (nSPS) is 22.6. The van der Waals surface area contributed by atoms with Gasteiger partial charge in [-0.2, -0.15) is 0 Å². The van der Waals surface area contributed by atoms with Gasteiger partial charge in [-0.05, 0) is 74.8 Å². The standard InChI is InChI=1S/C44H48N4O9/c1-54-31-19-20-34-37(24-31)45-36(29-13-5-4-6-14-29)26-40(34)56-33-25-39-41(49)46-35(43(51)52)18-7-2-3-10-21-55-32-17-11-12-28(22-32)23-38(42(50)48(39)27-33)47-44(53)57-30-15-8-9-16-30/h2,4-7,11-14,17,19-20,22,24,26,30,33,35,38-39H,3,8-10,15-16,18,21,23,25,27H2,1H3,(H,46,49)(H,47,53)(H,51,52)/b7-2+/t33-,35-,38-,39+/m1/s1. The van der Waals surface area contributed by atoms with Crippen LogP contribution in [0.2, 0.25) is 0 Å². The zero-order valence-electron chi connectivity index (χ0n) is 31.9. The van der Waals surface area contributed by atoms with E-state index in [0.717, 1.165) is 36.8 Å². The summed E-state index contributed by atoms with van der Waals surface area (Å²) in [6.07, 6.45) is 6.92. The fourth-order valence-electron chi connectivity index (χ4n) is 7.67. The van der Waals surface area contributed by atoms with Gasteiger partial charge in [0.2, 0.25) is 11.8 Å². The van der Waals surface area contributed by atoms with E-state index in [0.29, 0.717) is 53.3 Å². The summed E-state index contributed by atoms with van der Waals surface area (Å²) in [6.45, 7) is 0.402. The third kappa shape index (κ3) is 9.83. The minimum Gasteiger partial charge on any atom is -0.497 e. The molecule has 13 nitrogen and oxygen atoms in total. The SMILES string of the molecule is COc1ccc2c(O[C@@H]3C[C@H]4C(=O)N[C@@H](C(=O)O)C/C=C/CCCOc5cccc(c5)C[C@@H](NC(=O)OC5CCCC5)C(=O)N4C3)cc(-c3ccccc3)nc2c1. The number of alkyl carbamates (subject to hydrolysis) is 1. The molecule has 0 radical (unpaired) electrons. The van der Waals surface area contributed by atoms with Crippen LogP contribution in [0.4, 0.5) is 4.79 Å². The second-order valence-electron chi connectivity index (χ2n) is 14.7. The van der Waals surface area contributed by atoms with Crippen LogP contribution in [0.25, 0.3) is 22.2 Å². The number of carbonyl (C=O) groups excluding carboxylic acids is 3. The molecule has 57 heavy (non-hydrogen) atoms. The maximum Gasteiger partial charge on any atom is 0.408 e. The molecule has 4 atom stereocenters. The molecule has 4 aromatic rings. The molecule has 7 rings (SSSR count). The number of amides is 3. The van der Waals surface area contributed by atoms with Crippen LogP contribution in [-0.2, 0) is 25.5 Å². The lowest BCUT2D eigenvalue weighted by molar-refractivity contribution is -0.144. The number of carboxylic acids is 1. The summed E-state index contributed by atoms with van der Waals surface area (Å²) in [4.78, 5) is 61.0. The summed E-state index contributed by atoms with van der Waals surface area (Å²) in [5.74, 6) is -0.634. The Bertz CT molecular complexity index is 2100. The van der Waals surface area contributed by atoms with E-state index < -0.39 is 48.1 Å². The van der Waals surface area contributed by atoms with Crippen LogP contribution in [0.5, 0.6) is 17.2 Å². The van der Waals surface area contributed by atoms with Crippen molar-refractivity contribution < 1.29 is 43.2 Å². The van der Waals surface area contributed by atoms with Crippen LogP contribution in [0.15, 0.2) is 91.0 Å². The highest BCUT2D eigenvalue weighted by molar-refractivity contribution is 5.94. The first-order valence-electron chi connectivity index (χ1n) is 19.6. The molecule has 3 aliphatic rings. The molecular weight excluding hydrogens is 729 g/mol. The van der Waals surface area contributed by atoms with Gasteiger partial charge in [0, 0.05) is 35.9 Å². The molecule has 298 valence electrons. The molecule has 13 heteroatoms. The molecule has 3 amide bonds. The summed E-state index contributed by atoms with van der Waals surface area (Å²) in [6, 6.07) is 20.8. The van der Waals surface area contributed by atoms with Crippen molar-refractivity contribution in [2.45, 2.75) is 88.1 Å². The zero-order chi connectivity index (χ0) is 39.7. The van der Waals surface area contributed by atoms with Crippen molar-refractivity contribution in [1.82, 2.24) is 20.5 Å². The maximum absolute atomic E-state index is 14.8. The Balaban J connectivity index is 1.24. The van der Waals surface area contributed by atoms with Crippen molar-refractivity contribution in [1.29, 1.82) is 0 Å². The Morgan fingerprint density at radius 1 is 0.947 bits per heavy atom. The lowest BCUT2D eigenvalue weighted by atomic mass is 10.0. The number of methoxy groups -OCH3 is 1. The van der Waals surface area contributed by atoms with Gasteiger partial charge in [0.05, 0.1) is 31.5 Å². The molecule has 1 aliphatic carbocycles. The lowest BCUT2D eigenvalue weighted by Crippen LogP contribution is -2.56. The molecule has 0 spiro atoms. The number of aliphatic carboxylic acids is 1. The Labute approximate surface area is 331 Å². The number of nitrogens with zero attached hydrogens (tertiary/aromatic N) is 2. The van der Waals surface area contributed by atoms with Gasteiger partial charge in [0.1, 0.15) is 47.6 Å². The second kappa shape index (κ2) is 18.2. The van der Waals surface area contributed by atoms with Crippen molar-refractivity contribution in [3.05, 3.63) is 96.6 Å². The Morgan fingerprint density at radius 2 is 1.77 bits per heavy atom. The first kappa shape index (κ1) is 39.1. The molecule has 1 saturated heterocycles. The van der Waals surface area contributed by atoms with Gasteiger partial charge in [-0.15, -0.1) is 0 Å². The Morgan fingerprint density at radius 3 is 2.56 bits per heavy atom. The molecule has 3 N–H and O–H groups in total. The van der Waals surface area contributed by atoms with E-state index in [1.165, 1.54) is 4.90 Å². The highest BCUT2D eigenvalue weighted by atomic mass is 16.6. The first-order chi connectivity index (χ1) is 27.7. The highest BCUT2D eigenvalue weighted by Crippen LogP contribution is 2.35. The first-order valence-corrected chi connectivity index (χ1v) is 19.6. The molecule has 1 aromatic heterocycles. The highest BCUT2D eigenvalue weighted by Gasteiger charge is 2.44. The van der Waals surface area contributed by atoms with Crippen molar-refractivity contribution in [2.75, 3.05) is 20.3 Å². The minimum atomic E-state index is -1.23. The zero-order valence-corrected chi connectivity index (χ0v) is 31.9. The number of carbonyl (C=O) groups is 4. The van der Waals surface area contributed by atoms with Crippen molar-refractivity contribution in [3.63, 3.8) is 0 Å². The van der Waals surface area contributed by atoms with Crippen LogP contribution in [0.3, 0.4) is 0 Å². The fraction of sp³-hybridized carbons (Fsp3) is 0.386. The minimum absolute atomic E-state index is 0.0196. The third-order valence-corrected chi connectivity index (χ3v) is 10.6. The quantitative estimate of drug-likeness (QED) is 0.183. The molecule has 1 saturated carbocycles. The van der Waals surface area contributed by atoms with Crippen LogP contribution < -0.4 is 24.8 Å². The van der Waals surface area contributed by atoms with Gasteiger partial charge >= 0.3 is 12.1 Å². The summed E-state index contributed by atoms with van der Waals surface area (Å²) in [5, 5.41) is 16.3. The van der Waals surface area contributed by atoms with Crippen molar-refractivity contribution in [3.8, 4) is 28.5 Å². The predicted molar refractivity (Wildman–Crippen MR) is 212 cm³/mol. The number of pyridine rings is 1. The van der Waals surface area contributed by atoms with Crippen LogP contribution >= 0.6 is 0 Å². The monoisotopic (exact) mass is 776 g/mol. The summed E-state index contributed by atoms with van der Waals surface area (Å²) in [5.41, 5.74) is 2.89. The van der Waals surface area contributed by atoms with E-state index in [1.807, 2.05) is 84.9 Å². The summed E-state index contributed by atoms with van der Waals surface area (Å²) >= 11 is 0. The van der Waals surface area contributed by atoms with Gasteiger partial charge in [0.25, 0.3) is 0 Å². The predicted octanol–water partition coefficient (Wildman–Crippen LogP) is 6.23. The maximum atomic E-state index is 14.8. The van der Waals surface area contributed by atoms with Crippen LogP contribution in [-0.4, -0.2) is 89.5 Å². The van der Waals surface area contributed by atoms with Crippen LogP contribution in [0, 0.1) is 0 Å². The van der Waals surface area contributed by atoms with E-state index in [4.69, 9.17) is 23.9 Å². The lowest BCUT2D eigenvalue weighted by Gasteiger charge is -2.29. The molecular formula is C44H48N4O9. The Hall–Kier alpha value is -6.11. The Kier molecular flexibility index (Phi) is 12.5. The second-order valence-corrected chi connectivity index (χ2v) is 14.7. The molecule has 3 heterocycles. The van der Waals surface area contributed by atoms with Gasteiger partial charge in [0.15, 0.2) is 0 Å². The average molecular weight is 777 g/mol. The van der Waals surface area contributed by atoms with Crippen LogP contribution in [0.1, 0.15) is 56.9 Å². The fourth-order valence-corrected chi connectivity index (χ4v) is 7.67. The summed E-state index contributed by atoms with van der Waals surface area (Å²) in [7, 11) is 1.58. The third-order valence-electron chi connectivity index (χ3n) is 10.6.